The number of nitrogens with zero attached hydrogens (tertiary/aromatic N) is 2. The monoisotopic (exact) mass is 328 g/mol. The zero-order valence-electron chi connectivity index (χ0n) is 12.1. The molecule has 0 radical (unpaired) electrons. The van der Waals surface area contributed by atoms with E-state index in [-0.39, 0.29) is 23.3 Å². The number of hydrogen-bond acceptors (Lipinski definition) is 4. The lowest BCUT2D eigenvalue weighted by Gasteiger charge is -2.14. The highest BCUT2D eigenvalue weighted by atomic mass is 35.7. The van der Waals surface area contributed by atoms with Gasteiger partial charge in [-0.05, 0) is 38.5 Å². The molecule has 0 saturated heterocycles. The molecule has 0 aliphatic carbocycles. The van der Waals surface area contributed by atoms with Crippen LogP contribution < -0.4 is 4.74 Å². The first-order valence-electron chi connectivity index (χ1n) is 6.48. The topological polar surface area (TPSA) is 61.2 Å². The fourth-order valence-electron chi connectivity index (χ4n) is 1.99. The van der Waals surface area contributed by atoms with Crippen LogP contribution in [0.5, 0.6) is 5.75 Å². The van der Waals surface area contributed by atoms with Crippen molar-refractivity contribution in [2.24, 2.45) is 0 Å². The molecule has 1 heterocycles. The minimum absolute atomic E-state index is 0.0141. The SMILES string of the molecule is Cc1ccc(OCc2cncn2C(C)C)c(S(=O)(=O)Cl)c1. The summed E-state index contributed by atoms with van der Waals surface area (Å²) in [5.74, 6) is 0.243. The molecule has 0 N–H and O–H groups in total. The fourth-order valence-corrected chi connectivity index (χ4v) is 3.04. The number of hydrogen-bond donors (Lipinski definition) is 0. The van der Waals surface area contributed by atoms with Crippen molar-refractivity contribution >= 4 is 19.7 Å². The second kappa shape index (κ2) is 6.07. The number of halogens is 1. The van der Waals surface area contributed by atoms with Crippen molar-refractivity contribution in [1.29, 1.82) is 0 Å². The van der Waals surface area contributed by atoms with E-state index in [2.05, 4.69) is 4.98 Å². The molecule has 0 aliphatic rings. The van der Waals surface area contributed by atoms with Crippen LogP contribution in [0.1, 0.15) is 31.1 Å². The molecule has 0 atom stereocenters. The Hall–Kier alpha value is -1.53. The molecule has 1 aromatic carbocycles. The van der Waals surface area contributed by atoms with E-state index in [1.807, 2.05) is 18.4 Å². The molecule has 0 aliphatic heterocycles. The van der Waals surface area contributed by atoms with Crippen molar-refractivity contribution in [2.75, 3.05) is 0 Å². The zero-order chi connectivity index (χ0) is 15.6. The minimum Gasteiger partial charge on any atom is -0.486 e. The van der Waals surface area contributed by atoms with Gasteiger partial charge in [0.2, 0.25) is 0 Å². The van der Waals surface area contributed by atoms with Crippen LogP contribution in [-0.2, 0) is 15.7 Å². The standard InChI is InChI=1S/C14H17ClN2O3S/c1-10(2)17-9-16-7-12(17)8-20-13-5-4-11(3)6-14(13)21(15,18)19/h4-7,9-10H,8H2,1-3H3. The quantitative estimate of drug-likeness (QED) is 0.790. The van der Waals surface area contributed by atoms with E-state index in [1.165, 1.54) is 6.07 Å². The van der Waals surface area contributed by atoms with E-state index in [9.17, 15) is 8.42 Å². The van der Waals surface area contributed by atoms with Crippen LogP contribution in [0.4, 0.5) is 0 Å². The number of aryl methyl sites for hydroxylation is 1. The number of benzene rings is 1. The lowest BCUT2D eigenvalue weighted by atomic mass is 10.2. The van der Waals surface area contributed by atoms with Crippen LogP contribution in [0.15, 0.2) is 35.6 Å². The Bertz CT molecular complexity index is 738. The third-order valence-electron chi connectivity index (χ3n) is 3.04. The highest BCUT2D eigenvalue weighted by Crippen LogP contribution is 2.28. The van der Waals surface area contributed by atoms with Crippen molar-refractivity contribution in [3.05, 3.63) is 42.0 Å². The van der Waals surface area contributed by atoms with Crippen LogP contribution in [-0.4, -0.2) is 18.0 Å². The Labute approximate surface area is 128 Å². The molecule has 2 rings (SSSR count). The van der Waals surface area contributed by atoms with Gasteiger partial charge in [0.15, 0.2) is 0 Å². The van der Waals surface area contributed by atoms with Gasteiger partial charge >= 0.3 is 0 Å². The lowest BCUT2D eigenvalue weighted by molar-refractivity contribution is 0.284. The van der Waals surface area contributed by atoms with E-state index in [4.69, 9.17) is 15.4 Å². The van der Waals surface area contributed by atoms with E-state index in [0.29, 0.717) is 0 Å². The van der Waals surface area contributed by atoms with Gasteiger partial charge in [0.05, 0.1) is 18.2 Å². The summed E-state index contributed by atoms with van der Waals surface area (Å²) in [6.07, 6.45) is 3.42. The average Bonchev–Trinajstić information content (AvgIpc) is 2.84. The first-order valence-corrected chi connectivity index (χ1v) is 8.79. The summed E-state index contributed by atoms with van der Waals surface area (Å²) >= 11 is 0. The molecule has 2 aromatic rings. The Morgan fingerprint density at radius 2 is 2.10 bits per heavy atom. The normalized spacial score (nSPS) is 11.9. The summed E-state index contributed by atoms with van der Waals surface area (Å²) in [5.41, 5.74) is 1.66. The molecule has 21 heavy (non-hydrogen) atoms. The van der Waals surface area contributed by atoms with Crippen molar-refractivity contribution in [3.8, 4) is 5.75 Å². The third-order valence-corrected chi connectivity index (χ3v) is 4.38. The van der Waals surface area contributed by atoms with Gasteiger partial charge in [-0.25, -0.2) is 13.4 Å². The van der Waals surface area contributed by atoms with Gasteiger partial charge in [-0.1, -0.05) is 6.07 Å². The Kier molecular flexibility index (Phi) is 4.58. The first kappa shape index (κ1) is 15.9. The summed E-state index contributed by atoms with van der Waals surface area (Å²) in [6, 6.07) is 5.14. The molecule has 0 bridgehead atoms. The van der Waals surface area contributed by atoms with E-state index >= 15 is 0 Å². The molecule has 0 saturated carbocycles. The van der Waals surface area contributed by atoms with E-state index in [1.54, 1.807) is 31.6 Å². The average molecular weight is 329 g/mol. The maximum atomic E-state index is 11.6. The maximum absolute atomic E-state index is 11.6. The van der Waals surface area contributed by atoms with Gasteiger partial charge in [-0.15, -0.1) is 0 Å². The number of rotatable bonds is 5. The lowest BCUT2D eigenvalue weighted by Crippen LogP contribution is -2.08. The molecule has 0 spiro atoms. The highest BCUT2D eigenvalue weighted by Gasteiger charge is 2.18. The molecular formula is C14H17ClN2O3S. The van der Waals surface area contributed by atoms with Crippen molar-refractivity contribution in [3.63, 3.8) is 0 Å². The van der Waals surface area contributed by atoms with Gasteiger partial charge in [0, 0.05) is 16.7 Å². The molecule has 0 fully saturated rings. The summed E-state index contributed by atoms with van der Waals surface area (Å²) in [6.45, 7) is 6.08. The summed E-state index contributed by atoms with van der Waals surface area (Å²) in [4.78, 5) is 4.07. The summed E-state index contributed by atoms with van der Waals surface area (Å²) in [5, 5.41) is 0. The van der Waals surface area contributed by atoms with Crippen LogP contribution in [0, 0.1) is 6.92 Å². The van der Waals surface area contributed by atoms with Crippen LogP contribution in [0.25, 0.3) is 0 Å². The van der Waals surface area contributed by atoms with Crippen molar-refractivity contribution in [1.82, 2.24) is 9.55 Å². The highest BCUT2D eigenvalue weighted by molar-refractivity contribution is 8.13. The predicted octanol–water partition coefficient (Wildman–Crippen LogP) is 3.28. The Morgan fingerprint density at radius 3 is 2.71 bits per heavy atom. The van der Waals surface area contributed by atoms with Crippen LogP contribution in [0.3, 0.4) is 0 Å². The molecule has 7 heteroatoms. The van der Waals surface area contributed by atoms with Gasteiger partial charge in [-0.3, -0.25) is 0 Å². The van der Waals surface area contributed by atoms with Crippen molar-refractivity contribution < 1.29 is 13.2 Å². The van der Waals surface area contributed by atoms with Crippen LogP contribution in [0.2, 0.25) is 0 Å². The Balaban J connectivity index is 2.27. The molecule has 0 unspecified atom stereocenters. The maximum Gasteiger partial charge on any atom is 0.264 e. The first-order chi connectivity index (χ1) is 9.79. The molecule has 1 aromatic heterocycles. The summed E-state index contributed by atoms with van der Waals surface area (Å²) < 4.78 is 30.8. The minimum atomic E-state index is -3.85. The molecule has 114 valence electrons. The zero-order valence-corrected chi connectivity index (χ0v) is 13.6. The van der Waals surface area contributed by atoms with Crippen molar-refractivity contribution in [2.45, 2.75) is 38.3 Å². The van der Waals surface area contributed by atoms with E-state index in [0.717, 1.165) is 11.3 Å². The van der Waals surface area contributed by atoms with Gasteiger partial charge in [-0.2, -0.15) is 0 Å². The Morgan fingerprint density at radius 1 is 1.38 bits per heavy atom. The smallest absolute Gasteiger partial charge is 0.264 e. The van der Waals surface area contributed by atoms with Gasteiger partial charge in [0.25, 0.3) is 9.05 Å². The largest absolute Gasteiger partial charge is 0.486 e. The predicted molar refractivity (Wildman–Crippen MR) is 81.2 cm³/mol. The third kappa shape index (κ3) is 3.77. The van der Waals surface area contributed by atoms with E-state index < -0.39 is 9.05 Å². The second-order valence-electron chi connectivity index (χ2n) is 5.06. The van der Waals surface area contributed by atoms with Gasteiger partial charge < -0.3 is 9.30 Å². The fraction of sp³-hybridized carbons (Fsp3) is 0.357. The van der Waals surface area contributed by atoms with Gasteiger partial charge in [0.1, 0.15) is 17.3 Å². The molecule has 0 amide bonds. The molecule has 5 nitrogen and oxygen atoms in total. The number of aromatic nitrogens is 2. The molecular weight excluding hydrogens is 312 g/mol. The number of imidazole rings is 1. The summed E-state index contributed by atoms with van der Waals surface area (Å²) in [7, 11) is 1.60. The number of ether oxygens (including phenoxy) is 1. The van der Waals surface area contributed by atoms with Crippen LogP contribution >= 0.6 is 10.7 Å². The second-order valence-corrected chi connectivity index (χ2v) is 7.60.